The first kappa shape index (κ1) is 46.4. The van der Waals surface area contributed by atoms with Crippen LogP contribution in [0.1, 0.15) is 113 Å². The largest absolute Gasteiger partial charge is 0.465 e. The van der Waals surface area contributed by atoms with Crippen LogP contribution in [0.2, 0.25) is 0 Å². The molecule has 8 rings (SSSR count). The first-order valence-electron chi connectivity index (χ1n) is 22.8. The summed E-state index contributed by atoms with van der Waals surface area (Å²) in [5.41, 5.74) is 14.1. The monoisotopic (exact) mass is 909 g/mol. The molecule has 0 bridgehead atoms. The molecule has 2 fully saturated rings. The summed E-state index contributed by atoms with van der Waals surface area (Å²) in [4.78, 5) is 92.4. The highest BCUT2D eigenvalue weighted by molar-refractivity contribution is 5.99. The van der Waals surface area contributed by atoms with Crippen molar-refractivity contribution in [1.82, 2.24) is 24.6 Å². The number of aromatic nitrogens is 1. The molecule has 1 aliphatic carbocycles. The predicted octanol–water partition coefficient (Wildman–Crippen LogP) is 7.58. The molecular formula is C52H59N7O8. The average molecular weight is 910 g/mol. The molecule has 4 atom stereocenters. The van der Waals surface area contributed by atoms with Crippen LogP contribution in [0.5, 0.6) is 0 Å². The number of primary amides is 2. The maximum Gasteiger partial charge on any atom is 0.408 e. The second-order valence-electron chi connectivity index (χ2n) is 20.0. The van der Waals surface area contributed by atoms with E-state index in [1.807, 2.05) is 30.3 Å². The van der Waals surface area contributed by atoms with Crippen LogP contribution in [0, 0.1) is 0 Å². The average Bonchev–Trinajstić information content (AvgIpc) is 4.03. The molecule has 3 aliphatic rings. The molecular weight excluding hydrogens is 851 g/mol. The van der Waals surface area contributed by atoms with E-state index in [4.69, 9.17) is 11.5 Å². The van der Waals surface area contributed by atoms with E-state index in [2.05, 4.69) is 4.98 Å². The van der Waals surface area contributed by atoms with E-state index < -0.39 is 70.1 Å². The number of nitrogens with two attached hydrogens (primary N) is 2. The third-order valence-electron chi connectivity index (χ3n) is 14.1. The third-order valence-corrected chi connectivity index (χ3v) is 14.1. The molecule has 3 heterocycles. The third kappa shape index (κ3) is 7.63. The van der Waals surface area contributed by atoms with Crippen LogP contribution in [0.25, 0.3) is 22.2 Å². The van der Waals surface area contributed by atoms with Gasteiger partial charge in [-0.15, -0.1) is 0 Å². The summed E-state index contributed by atoms with van der Waals surface area (Å²) >= 11 is 0. The highest BCUT2D eigenvalue weighted by Crippen LogP contribution is 2.48. The van der Waals surface area contributed by atoms with Crippen LogP contribution in [-0.2, 0) is 43.1 Å². The Labute approximate surface area is 389 Å². The van der Waals surface area contributed by atoms with Gasteiger partial charge in [-0.3, -0.25) is 29.0 Å². The van der Waals surface area contributed by atoms with Crippen LogP contribution in [0.4, 0.5) is 9.59 Å². The summed E-state index contributed by atoms with van der Waals surface area (Å²) in [6, 6.07) is 26.2. The lowest BCUT2D eigenvalue weighted by molar-refractivity contribution is -0.149. The summed E-state index contributed by atoms with van der Waals surface area (Å²) in [7, 11) is 0. The Kier molecular flexibility index (Phi) is 11.7. The number of hydrogen-bond donors (Lipinski definition) is 5. The van der Waals surface area contributed by atoms with Gasteiger partial charge in [-0.05, 0) is 126 Å². The molecule has 67 heavy (non-hydrogen) atoms. The van der Waals surface area contributed by atoms with Crippen molar-refractivity contribution in [2.24, 2.45) is 11.5 Å². The molecule has 15 heteroatoms. The Balaban J connectivity index is 1.17. The van der Waals surface area contributed by atoms with Gasteiger partial charge in [0, 0.05) is 46.3 Å². The zero-order valence-electron chi connectivity index (χ0n) is 38.8. The Morgan fingerprint density at radius 1 is 0.627 bits per heavy atom. The van der Waals surface area contributed by atoms with Gasteiger partial charge in [-0.25, -0.2) is 9.59 Å². The number of fused-ring (bicyclic) bond motifs is 5. The van der Waals surface area contributed by atoms with Crippen molar-refractivity contribution in [1.29, 1.82) is 0 Å². The lowest BCUT2D eigenvalue weighted by Gasteiger charge is -2.44. The number of carbonyl (C=O) groups excluding carboxylic acids is 4. The van der Waals surface area contributed by atoms with Crippen LogP contribution in [0.15, 0.2) is 97.1 Å². The SMILES string of the molecule is CC(C)(C)N(C(=O)O)[C@H](C(=O)N1CCC[C@@]1(C(N)=O)c1ccc2c(c1)CCc1c-2[nH]c2ccc([C@]3(C(N)=O)CCCN3C(=O)[C@H](c3ccccc3)N(C(=O)O)C(C)(C)C)cc12)c1ccccc1. The predicted molar refractivity (Wildman–Crippen MR) is 252 cm³/mol. The van der Waals surface area contributed by atoms with Gasteiger partial charge in [-0.1, -0.05) is 84.9 Å². The van der Waals surface area contributed by atoms with Crippen LogP contribution >= 0.6 is 0 Å². The van der Waals surface area contributed by atoms with Crippen molar-refractivity contribution in [2.75, 3.05) is 13.1 Å². The standard InChI is InChI=1S/C52H59N7O8/c1-49(2,3)58(47(64)65)41(31-15-9-7-10-16-31)43(60)56-27-13-25-51(56,45(53)62)34-20-23-36-33(29-34)19-22-37-38-30-35(21-24-39(38)55-40(36)37)52(46(54)63)26-14-28-57(52)44(61)42(32-17-11-8-12-18-32)59(48(66)67)50(4,5)6/h7-12,15-18,20-21,23-24,29-30,41-42,55H,13-14,19,22,25-28H2,1-6H3,(H2,53,62)(H2,54,63)(H,64,65)(H,66,67)/t41-,42-,51-,52-/m0/s1. The zero-order valence-corrected chi connectivity index (χ0v) is 38.8. The first-order valence-corrected chi connectivity index (χ1v) is 22.8. The van der Waals surface area contributed by atoms with Gasteiger partial charge in [0.15, 0.2) is 0 Å². The van der Waals surface area contributed by atoms with Gasteiger partial charge >= 0.3 is 12.2 Å². The number of benzene rings is 4. The maximum atomic E-state index is 15.0. The number of nitrogens with zero attached hydrogens (tertiary/aromatic N) is 4. The van der Waals surface area contributed by atoms with E-state index in [0.29, 0.717) is 47.9 Å². The van der Waals surface area contributed by atoms with Crippen molar-refractivity contribution >= 4 is 46.7 Å². The van der Waals surface area contributed by atoms with E-state index >= 15 is 0 Å². The number of aromatic amines is 1. The first-order chi connectivity index (χ1) is 31.6. The number of hydrogen-bond acceptors (Lipinski definition) is 6. The number of aryl methyl sites for hydroxylation is 2. The number of likely N-dealkylation sites (tertiary alicyclic amines) is 2. The lowest BCUT2D eigenvalue weighted by Crippen LogP contribution is -2.58. The quantitative estimate of drug-likeness (QED) is 0.0937. The smallest absolute Gasteiger partial charge is 0.408 e. The number of carbonyl (C=O) groups is 6. The molecule has 2 aliphatic heterocycles. The Bertz CT molecular complexity index is 2800. The van der Waals surface area contributed by atoms with E-state index in [1.54, 1.807) is 108 Å². The molecule has 350 valence electrons. The second-order valence-corrected chi connectivity index (χ2v) is 20.0. The van der Waals surface area contributed by atoms with Crippen molar-refractivity contribution in [3.63, 3.8) is 0 Å². The second kappa shape index (κ2) is 16.9. The van der Waals surface area contributed by atoms with Crippen LogP contribution in [0.3, 0.4) is 0 Å². The van der Waals surface area contributed by atoms with Crippen molar-refractivity contribution < 1.29 is 39.0 Å². The molecule has 4 aromatic carbocycles. The molecule has 1 aromatic heterocycles. The number of nitrogens with one attached hydrogen (secondary N) is 1. The van der Waals surface area contributed by atoms with Crippen molar-refractivity contribution in [3.05, 3.63) is 130 Å². The highest BCUT2D eigenvalue weighted by atomic mass is 16.4. The molecule has 0 unspecified atom stereocenters. The minimum Gasteiger partial charge on any atom is -0.465 e. The van der Waals surface area contributed by atoms with Gasteiger partial charge in [0.2, 0.25) is 11.8 Å². The van der Waals surface area contributed by atoms with Gasteiger partial charge in [-0.2, -0.15) is 0 Å². The van der Waals surface area contributed by atoms with Gasteiger partial charge in [0.25, 0.3) is 11.8 Å². The summed E-state index contributed by atoms with van der Waals surface area (Å²) in [6.45, 7) is 10.8. The number of rotatable bonds is 10. The molecule has 0 spiro atoms. The Morgan fingerprint density at radius 3 is 1.51 bits per heavy atom. The molecule has 0 radical (unpaired) electrons. The summed E-state index contributed by atoms with van der Waals surface area (Å²) in [5.74, 6) is -2.49. The molecule has 15 nitrogen and oxygen atoms in total. The fourth-order valence-electron chi connectivity index (χ4n) is 11.1. The van der Waals surface area contributed by atoms with E-state index in [-0.39, 0.29) is 25.9 Å². The van der Waals surface area contributed by atoms with E-state index in [9.17, 15) is 39.0 Å². The molecule has 2 saturated heterocycles. The summed E-state index contributed by atoms with van der Waals surface area (Å²) < 4.78 is 0. The Hall–Kier alpha value is -7.16. The van der Waals surface area contributed by atoms with Gasteiger partial charge in [0.05, 0.1) is 0 Å². The van der Waals surface area contributed by atoms with E-state index in [1.165, 1.54) is 9.80 Å². The number of H-pyrrole nitrogens is 1. The summed E-state index contributed by atoms with van der Waals surface area (Å²) in [6.07, 6.45) is 0.0305. The van der Waals surface area contributed by atoms with E-state index in [0.717, 1.165) is 43.1 Å². The van der Waals surface area contributed by atoms with Crippen LogP contribution in [-0.4, -0.2) is 94.8 Å². The van der Waals surface area contributed by atoms with Crippen molar-refractivity contribution in [2.45, 2.75) is 114 Å². The fourth-order valence-corrected chi connectivity index (χ4v) is 11.1. The van der Waals surface area contributed by atoms with Gasteiger partial charge < -0.3 is 36.5 Å². The maximum absolute atomic E-state index is 15.0. The lowest BCUT2D eigenvalue weighted by atomic mass is 9.80. The minimum absolute atomic E-state index is 0.193. The Morgan fingerprint density at radius 2 is 1.07 bits per heavy atom. The molecule has 5 aromatic rings. The van der Waals surface area contributed by atoms with Crippen LogP contribution < -0.4 is 11.5 Å². The highest BCUT2D eigenvalue weighted by Gasteiger charge is 2.55. The van der Waals surface area contributed by atoms with Gasteiger partial charge in [0.1, 0.15) is 23.2 Å². The summed E-state index contributed by atoms with van der Waals surface area (Å²) in [5, 5.41) is 21.9. The minimum atomic E-state index is -1.56. The molecule has 6 amide bonds. The number of amides is 6. The number of carboxylic acid groups (broad SMARTS) is 2. The molecule has 0 saturated carbocycles. The fraction of sp³-hybridized carbons (Fsp3) is 0.385. The zero-order chi connectivity index (χ0) is 48.4. The van der Waals surface area contributed by atoms with Crippen molar-refractivity contribution in [3.8, 4) is 11.3 Å². The topological polar surface area (TPSA) is 224 Å². The molecule has 7 N–H and O–H groups in total. The normalized spacial score (nSPS) is 20.1.